The van der Waals surface area contributed by atoms with E-state index in [1.165, 1.54) is 11.1 Å². The molecule has 0 aliphatic carbocycles. The Labute approximate surface area is 160 Å². The summed E-state index contributed by atoms with van der Waals surface area (Å²) in [6, 6.07) is 6.26. The third kappa shape index (κ3) is 3.73. The summed E-state index contributed by atoms with van der Waals surface area (Å²) >= 11 is 0. The van der Waals surface area contributed by atoms with E-state index in [9.17, 15) is 9.59 Å². The number of rotatable bonds is 3. The Bertz CT molecular complexity index is 722. The maximum absolute atomic E-state index is 12.7. The first kappa shape index (κ1) is 18.4. The molecule has 0 aromatic heterocycles. The van der Waals surface area contributed by atoms with Crippen molar-refractivity contribution in [2.75, 3.05) is 44.2 Å². The molecule has 3 aliphatic rings. The van der Waals surface area contributed by atoms with Crippen molar-refractivity contribution in [2.45, 2.75) is 39.2 Å². The maximum atomic E-state index is 12.7. The SMILES string of the molecule is Cc1cc(C)cc(N2CCN(CC3CC4(CCNCC4)C(=O)O3)CC2=O)c1. The van der Waals surface area contributed by atoms with Gasteiger partial charge in [-0.2, -0.15) is 0 Å². The van der Waals surface area contributed by atoms with E-state index in [0.29, 0.717) is 19.6 Å². The highest BCUT2D eigenvalue weighted by atomic mass is 16.6. The molecule has 3 saturated heterocycles. The number of piperazine rings is 1. The van der Waals surface area contributed by atoms with Crippen LogP contribution in [0.3, 0.4) is 0 Å². The van der Waals surface area contributed by atoms with Crippen molar-refractivity contribution in [1.29, 1.82) is 0 Å². The second kappa shape index (κ2) is 7.24. The summed E-state index contributed by atoms with van der Waals surface area (Å²) in [5, 5.41) is 3.32. The fourth-order valence-electron chi connectivity index (χ4n) is 4.80. The number of nitrogens with zero attached hydrogens (tertiary/aromatic N) is 2. The van der Waals surface area contributed by atoms with Crippen LogP contribution in [0, 0.1) is 19.3 Å². The number of hydrogen-bond donors (Lipinski definition) is 1. The molecule has 1 unspecified atom stereocenters. The van der Waals surface area contributed by atoms with Crippen LogP contribution in [0.15, 0.2) is 18.2 Å². The molecule has 1 spiro atoms. The van der Waals surface area contributed by atoms with Crippen LogP contribution >= 0.6 is 0 Å². The molecule has 1 aromatic rings. The second-order valence-corrected chi connectivity index (χ2v) is 8.39. The van der Waals surface area contributed by atoms with Gasteiger partial charge in [-0.05, 0) is 63.0 Å². The van der Waals surface area contributed by atoms with Crippen molar-refractivity contribution >= 4 is 17.6 Å². The van der Waals surface area contributed by atoms with Gasteiger partial charge in [0.05, 0.1) is 12.0 Å². The number of amides is 1. The lowest BCUT2D eigenvalue weighted by Gasteiger charge is -2.35. The minimum Gasteiger partial charge on any atom is -0.461 e. The Kier molecular flexibility index (Phi) is 4.95. The molecule has 4 rings (SSSR count). The number of cyclic esters (lactones) is 1. The first-order valence-corrected chi connectivity index (χ1v) is 9.98. The van der Waals surface area contributed by atoms with Gasteiger partial charge in [0.2, 0.25) is 5.91 Å². The molecule has 6 nitrogen and oxygen atoms in total. The summed E-state index contributed by atoms with van der Waals surface area (Å²) in [7, 11) is 0. The zero-order valence-electron chi connectivity index (χ0n) is 16.3. The smallest absolute Gasteiger partial charge is 0.312 e. The minimum atomic E-state index is -0.291. The van der Waals surface area contributed by atoms with E-state index in [1.54, 1.807) is 0 Å². The lowest BCUT2D eigenvalue weighted by atomic mass is 9.76. The molecule has 146 valence electrons. The van der Waals surface area contributed by atoms with Crippen molar-refractivity contribution in [3.05, 3.63) is 29.3 Å². The van der Waals surface area contributed by atoms with Crippen LogP contribution in [0.25, 0.3) is 0 Å². The molecule has 0 radical (unpaired) electrons. The van der Waals surface area contributed by atoms with Gasteiger partial charge in [-0.25, -0.2) is 0 Å². The summed E-state index contributed by atoms with van der Waals surface area (Å²) in [5.41, 5.74) is 3.04. The average Bonchev–Trinajstić information content (AvgIpc) is 2.89. The number of anilines is 1. The first-order chi connectivity index (χ1) is 12.9. The molecule has 0 bridgehead atoms. The van der Waals surface area contributed by atoms with Gasteiger partial charge in [-0.3, -0.25) is 14.5 Å². The second-order valence-electron chi connectivity index (χ2n) is 8.39. The zero-order valence-corrected chi connectivity index (χ0v) is 16.3. The van der Waals surface area contributed by atoms with E-state index in [4.69, 9.17) is 4.74 Å². The third-order valence-electron chi connectivity index (χ3n) is 6.17. The van der Waals surface area contributed by atoms with E-state index in [-0.39, 0.29) is 23.4 Å². The highest BCUT2D eigenvalue weighted by molar-refractivity contribution is 5.95. The Morgan fingerprint density at radius 2 is 1.81 bits per heavy atom. The van der Waals surface area contributed by atoms with Crippen molar-refractivity contribution in [1.82, 2.24) is 10.2 Å². The van der Waals surface area contributed by atoms with E-state index in [0.717, 1.165) is 44.6 Å². The summed E-state index contributed by atoms with van der Waals surface area (Å²) in [6.07, 6.45) is 2.43. The molecule has 1 aromatic carbocycles. The van der Waals surface area contributed by atoms with Crippen molar-refractivity contribution < 1.29 is 14.3 Å². The molecular weight excluding hydrogens is 342 g/mol. The minimum absolute atomic E-state index is 0.0331. The molecule has 6 heteroatoms. The standard InChI is InChI=1S/C21H29N3O3/c1-15-9-16(2)11-17(10-15)24-8-7-23(14-19(24)25)13-18-12-21(20(26)27-18)3-5-22-6-4-21/h9-11,18,22H,3-8,12-14H2,1-2H3. The number of ether oxygens (including phenoxy) is 1. The molecule has 3 aliphatic heterocycles. The fourth-order valence-corrected chi connectivity index (χ4v) is 4.80. The van der Waals surface area contributed by atoms with Crippen LogP contribution in [-0.4, -0.2) is 62.1 Å². The predicted molar refractivity (Wildman–Crippen MR) is 104 cm³/mol. The Morgan fingerprint density at radius 3 is 2.48 bits per heavy atom. The van der Waals surface area contributed by atoms with Gasteiger partial charge < -0.3 is 15.0 Å². The lowest BCUT2D eigenvalue weighted by Crippen LogP contribution is -2.52. The van der Waals surface area contributed by atoms with Crippen LogP contribution < -0.4 is 10.2 Å². The number of esters is 1. The van der Waals surface area contributed by atoms with Gasteiger partial charge in [0.15, 0.2) is 0 Å². The Balaban J connectivity index is 1.36. The van der Waals surface area contributed by atoms with Crippen LogP contribution in [0.4, 0.5) is 5.69 Å². The van der Waals surface area contributed by atoms with E-state index in [2.05, 4.69) is 42.3 Å². The molecule has 1 N–H and O–H groups in total. The summed E-state index contributed by atoms with van der Waals surface area (Å²) in [4.78, 5) is 29.2. The zero-order chi connectivity index (χ0) is 19.0. The molecule has 3 fully saturated rings. The van der Waals surface area contributed by atoms with E-state index < -0.39 is 0 Å². The molecule has 3 heterocycles. The summed E-state index contributed by atoms with van der Waals surface area (Å²) in [6.45, 7) is 8.41. The monoisotopic (exact) mass is 371 g/mol. The molecule has 27 heavy (non-hydrogen) atoms. The quantitative estimate of drug-likeness (QED) is 0.819. The summed E-state index contributed by atoms with van der Waals surface area (Å²) < 4.78 is 5.70. The number of piperidine rings is 1. The van der Waals surface area contributed by atoms with Gasteiger partial charge in [-0.15, -0.1) is 0 Å². The average molecular weight is 371 g/mol. The molecular formula is C21H29N3O3. The number of benzene rings is 1. The van der Waals surface area contributed by atoms with Crippen LogP contribution in [-0.2, 0) is 14.3 Å². The summed E-state index contributed by atoms with van der Waals surface area (Å²) in [5.74, 6) is 0.0846. The predicted octanol–water partition coefficient (Wildman–Crippen LogP) is 1.64. The van der Waals surface area contributed by atoms with Crippen molar-refractivity contribution in [3.63, 3.8) is 0 Å². The third-order valence-corrected chi connectivity index (χ3v) is 6.17. The van der Waals surface area contributed by atoms with Crippen molar-refractivity contribution in [2.24, 2.45) is 5.41 Å². The maximum Gasteiger partial charge on any atom is 0.312 e. The topological polar surface area (TPSA) is 61.9 Å². The Hall–Kier alpha value is -1.92. The lowest BCUT2D eigenvalue weighted by molar-refractivity contribution is -0.150. The number of carbonyl (C=O) groups is 2. The molecule has 1 amide bonds. The Morgan fingerprint density at radius 1 is 1.11 bits per heavy atom. The van der Waals surface area contributed by atoms with Gasteiger partial charge in [0.1, 0.15) is 6.10 Å². The fraction of sp³-hybridized carbons (Fsp3) is 0.619. The van der Waals surface area contributed by atoms with Crippen LogP contribution in [0.5, 0.6) is 0 Å². The van der Waals surface area contributed by atoms with Gasteiger partial charge in [-0.1, -0.05) is 6.07 Å². The van der Waals surface area contributed by atoms with Gasteiger partial charge >= 0.3 is 5.97 Å². The van der Waals surface area contributed by atoms with E-state index >= 15 is 0 Å². The number of aryl methyl sites for hydroxylation is 2. The number of hydrogen-bond acceptors (Lipinski definition) is 5. The van der Waals surface area contributed by atoms with Crippen LogP contribution in [0.1, 0.15) is 30.4 Å². The van der Waals surface area contributed by atoms with Gasteiger partial charge in [0, 0.05) is 31.7 Å². The molecule has 0 saturated carbocycles. The largest absolute Gasteiger partial charge is 0.461 e. The number of nitrogens with one attached hydrogen (secondary N) is 1. The first-order valence-electron chi connectivity index (χ1n) is 9.98. The van der Waals surface area contributed by atoms with E-state index in [1.807, 2.05) is 4.90 Å². The number of carbonyl (C=O) groups excluding carboxylic acids is 2. The molecule has 1 atom stereocenters. The van der Waals surface area contributed by atoms with Crippen LogP contribution in [0.2, 0.25) is 0 Å². The van der Waals surface area contributed by atoms with Crippen molar-refractivity contribution in [3.8, 4) is 0 Å². The normalized spacial score (nSPS) is 25.9. The van der Waals surface area contributed by atoms with Gasteiger partial charge in [0.25, 0.3) is 0 Å². The highest BCUT2D eigenvalue weighted by Gasteiger charge is 2.49. The highest BCUT2D eigenvalue weighted by Crippen LogP contribution is 2.41.